The molecule has 0 saturated carbocycles. The highest BCUT2D eigenvalue weighted by Crippen LogP contribution is 2.25. The molecule has 0 bridgehead atoms. The maximum atomic E-state index is 12.6. The zero-order valence-electron chi connectivity index (χ0n) is 18.4. The van der Waals surface area contributed by atoms with Crippen molar-refractivity contribution in [1.82, 2.24) is 25.6 Å². The second-order valence-corrected chi connectivity index (χ2v) is 8.38. The van der Waals surface area contributed by atoms with Gasteiger partial charge in [0.2, 0.25) is 11.9 Å². The zero-order valence-corrected chi connectivity index (χ0v) is 18.4. The molecule has 0 aromatic carbocycles. The molecular weight excluding hydrogens is 404 g/mol. The number of carbonyl (C=O) groups is 1. The molecule has 0 unspecified atom stereocenters. The van der Waals surface area contributed by atoms with Gasteiger partial charge in [-0.25, -0.2) is 9.97 Å². The van der Waals surface area contributed by atoms with Crippen molar-refractivity contribution < 1.29 is 4.79 Å². The van der Waals surface area contributed by atoms with Crippen molar-refractivity contribution in [3.05, 3.63) is 35.2 Å². The van der Waals surface area contributed by atoms with E-state index in [-0.39, 0.29) is 23.8 Å². The molecule has 0 atom stereocenters. The second kappa shape index (κ2) is 9.83. The van der Waals surface area contributed by atoms with E-state index in [9.17, 15) is 4.79 Å². The van der Waals surface area contributed by atoms with Crippen LogP contribution in [-0.4, -0.2) is 53.1 Å². The van der Waals surface area contributed by atoms with Crippen LogP contribution in [0.3, 0.4) is 0 Å². The van der Waals surface area contributed by atoms with Crippen molar-refractivity contribution in [3.63, 3.8) is 0 Å². The number of hydrogen-bond donors (Lipinski definition) is 4. The molecule has 2 aromatic heterocycles. The molecule has 4 heterocycles. The molecule has 2 aliphatic rings. The predicted octanol–water partition coefficient (Wildman–Crippen LogP) is 0.829. The van der Waals surface area contributed by atoms with Gasteiger partial charge in [-0.3, -0.25) is 4.79 Å². The second-order valence-electron chi connectivity index (χ2n) is 8.38. The fraction of sp³-hybridized carbons (Fsp3) is 0.478. The Morgan fingerprint density at radius 1 is 1.12 bits per heavy atom. The van der Waals surface area contributed by atoms with E-state index < -0.39 is 0 Å². The monoisotopic (exact) mass is 434 g/mol. The van der Waals surface area contributed by atoms with Gasteiger partial charge in [-0.05, 0) is 57.8 Å². The van der Waals surface area contributed by atoms with Crippen molar-refractivity contribution in [2.24, 2.45) is 5.92 Å². The number of nitrogen functional groups attached to an aromatic ring is 2. The van der Waals surface area contributed by atoms with E-state index >= 15 is 0 Å². The quantitative estimate of drug-likeness (QED) is 0.522. The molecule has 9 heteroatoms. The molecular formula is C23H30N8O. The van der Waals surface area contributed by atoms with Gasteiger partial charge in [0.15, 0.2) is 0 Å². The Hall–Kier alpha value is -3.38. The highest BCUT2D eigenvalue weighted by Gasteiger charge is 2.27. The van der Waals surface area contributed by atoms with Gasteiger partial charge < -0.3 is 27.0 Å². The number of nitrogens with two attached hydrogens (primary N) is 2. The van der Waals surface area contributed by atoms with Crippen LogP contribution in [0.1, 0.15) is 42.5 Å². The van der Waals surface area contributed by atoms with Gasteiger partial charge in [-0.1, -0.05) is 11.8 Å². The number of anilines is 3. The summed E-state index contributed by atoms with van der Waals surface area (Å²) in [5, 5.41) is 6.56. The average Bonchev–Trinajstić information content (AvgIpc) is 2.80. The van der Waals surface area contributed by atoms with Gasteiger partial charge in [0, 0.05) is 36.8 Å². The Balaban J connectivity index is 1.45. The number of pyridine rings is 1. The van der Waals surface area contributed by atoms with Crippen LogP contribution < -0.4 is 27.0 Å². The molecule has 0 radical (unpaired) electrons. The van der Waals surface area contributed by atoms with Crippen molar-refractivity contribution >= 4 is 23.5 Å². The Kier molecular flexibility index (Phi) is 6.71. The summed E-state index contributed by atoms with van der Waals surface area (Å²) in [4.78, 5) is 27.7. The SMILES string of the molecule is Cc1nc(N)nc(N2CCC(NC(=O)C3CCNCC3)CC2)c1C#Cc1ccc(N)nc1. The van der Waals surface area contributed by atoms with Gasteiger partial charge in [-0.2, -0.15) is 4.98 Å². The first-order valence-electron chi connectivity index (χ1n) is 11.1. The Bertz CT molecular complexity index is 1010. The first kappa shape index (κ1) is 21.8. The minimum atomic E-state index is 0.128. The number of rotatable bonds is 3. The van der Waals surface area contributed by atoms with Crippen LogP contribution in [0.15, 0.2) is 18.3 Å². The summed E-state index contributed by atoms with van der Waals surface area (Å²) in [5.74, 6) is 8.08. The summed E-state index contributed by atoms with van der Waals surface area (Å²) in [6.07, 6.45) is 5.18. The van der Waals surface area contributed by atoms with E-state index in [1.807, 2.05) is 13.0 Å². The molecule has 9 nitrogen and oxygen atoms in total. The molecule has 2 fully saturated rings. The summed E-state index contributed by atoms with van der Waals surface area (Å²) in [6, 6.07) is 3.74. The van der Waals surface area contributed by atoms with E-state index in [0.717, 1.165) is 74.5 Å². The lowest BCUT2D eigenvalue weighted by molar-refractivity contribution is -0.126. The Labute approximate surface area is 188 Å². The number of hydrogen-bond acceptors (Lipinski definition) is 8. The molecule has 1 amide bonds. The third-order valence-electron chi connectivity index (χ3n) is 6.06. The molecule has 32 heavy (non-hydrogen) atoms. The number of aromatic nitrogens is 3. The zero-order chi connectivity index (χ0) is 22.5. The van der Waals surface area contributed by atoms with Crippen LogP contribution in [0, 0.1) is 24.7 Å². The smallest absolute Gasteiger partial charge is 0.223 e. The summed E-state index contributed by atoms with van der Waals surface area (Å²) < 4.78 is 0. The maximum Gasteiger partial charge on any atom is 0.223 e. The van der Waals surface area contributed by atoms with Crippen molar-refractivity contribution in [1.29, 1.82) is 0 Å². The summed E-state index contributed by atoms with van der Waals surface area (Å²) in [6.45, 7) is 5.26. The standard InChI is InChI=1S/C23H30N8O/c1-15-19(4-2-16-3-5-20(24)27-14-16)21(30-23(25)28-15)31-12-8-18(9-13-31)29-22(32)17-6-10-26-11-7-17/h3,5,14,17-18,26H,6-13H2,1H3,(H2,24,27)(H,29,32)(H2,25,28,30). The number of amides is 1. The largest absolute Gasteiger partial charge is 0.384 e. The van der Waals surface area contributed by atoms with E-state index in [1.54, 1.807) is 12.3 Å². The summed E-state index contributed by atoms with van der Waals surface area (Å²) in [5.41, 5.74) is 13.9. The number of carbonyl (C=O) groups excluding carboxylic acids is 1. The fourth-order valence-electron chi connectivity index (χ4n) is 4.21. The number of aryl methyl sites for hydroxylation is 1. The highest BCUT2D eigenvalue weighted by atomic mass is 16.1. The van der Waals surface area contributed by atoms with Crippen molar-refractivity contribution in [3.8, 4) is 11.8 Å². The van der Waals surface area contributed by atoms with Crippen molar-refractivity contribution in [2.45, 2.75) is 38.6 Å². The summed E-state index contributed by atoms with van der Waals surface area (Å²) >= 11 is 0. The van der Waals surface area contributed by atoms with Crippen LogP contribution in [0.2, 0.25) is 0 Å². The van der Waals surface area contributed by atoms with E-state index in [1.165, 1.54) is 0 Å². The first-order valence-corrected chi connectivity index (χ1v) is 11.1. The average molecular weight is 435 g/mol. The predicted molar refractivity (Wildman–Crippen MR) is 125 cm³/mol. The molecule has 0 spiro atoms. The molecule has 6 N–H and O–H groups in total. The lowest BCUT2D eigenvalue weighted by Crippen LogP contribution is -2.48. The van der Waals surface area contributed by atoms with E-state index in [2.05, 4.69) is 42.3 Å². The number of nitrogens with one attached hydrogen (secondary N) is 2. The lowest BCUT2D eigenvalue weighted by atomic mass is 9.96. The first-order chi connectivity index (χ1) is 15.5. The van der Waals surface area contributed by atoms with Gasteiger partial charge in [0.05, 0.1) is 11.3 Å². The molecule has 2 aliphatic heterocycles. The van der Waals surface area contributed by atoms with Crippen LogP contribution in [0.5, 0.6) is 0 Å². The van der Waals surface area contributed by atoms with Crippen molar-refractivity contribution in [2.75, 3.05) is 42.5 Å². The minimum Gasteiger partial charge on any atom is -0.384 e. The van der Waals surface area contributed by atoms with Gasteiger partial charge in [-0.15, -0.1) is 0 Å². The number of piperidine rings is 2. The molecule has 4 rings (SSSR count). The van der Waals surface area contributed by atoms with E-state index in [0.29, 0.717) is 5.82 Å². The topological polar surface area (TPSA) is 135 Å². The van der Waals surface area contributed by atoms with Gasteiger partial charge in [0.25, 0.3) is 0 Å². The molecule has 2 aromatic rings. The Morgan fingerprint density at radius 2 is 1.88 bits per heavy atom. The fourth-order valence-corrected chi connectivity index (χ4v) is 4.21. The minimum absolute atomic E-state index is 0.128. The molecule has 2 saturated heterocycles. The molecule has 168 valence electrons. The van der Waals surface area contributed by atoms with Crippen LogP contribution in [0.4, 0.5) is 17.6 Å². The van der Waals surface area contributed by atoms with Gasteiger partial charge >= 0.3 is 0 Å². The highest BCUT2D eigenvalue weighted by molar-refractivity contribution is 5.79. The van der Waals surface area contributed by atoms with E-state index in [4.69, 9.17) is 11.5 Å². The normalized spacial score (nSPS) is 17.5. The molecule has 0 aliphatic carbocycles. The number of nitrogens with zero attached hydrogens (tertiary/aromatic N) is 4. The lowest BCUT2D eigenvalue weighted by Gasteiger charge is -2.34. The third kappa shape index (κ3) is 5.26. The third-order valence-corrected chi connectivity index (χ3v) is 6.06. The van der Waals surface area contributed by atoms with Crippen LogP contribution in [0.25, 0.3) is 0 Å². The maximum absolute atomic E-state index is 12.6. The summed E-state index contributed by atoms with van der Waals surface area (Å²) in [7, 11) is 0. The Morgan fingerprint density at radius 3 is 2.56 bits per heavy atom. The van der Waals surface area contributed by atoms with Gasteiger partial charge in [0.1, 0.15) is 11.6 Å². The van der Waals surface area contributed by atoms with Crippen LogP contribution in [-0.2, 0) is 4.79 Å². The van der Waals surface area contributed by atoms with Crippen LogP contribution >= 0.6 is 0 Å².